The molecular formula is C24H35N3O4. The molecule has 4 rings (SSSR count). The van der Waals surface area contributed by atoms with Gasteiger partial charge in [-0.05, 0) is 55.9 Å². The lowest BCUT2D eigenvalue weighted by molar-refractivity contribution is -0.129. The number of nitrogens with one attached hydrogen (secondary N) is 1. The number of carbonyl (C=O) groups is 2. The summed E-state index contributed by atoms with van der Waals surface area (Å²) >= 11 is 0. The van der Waals surface area contributed by atoms with E-state index in [-0.39, 0.29) is 24.0 Å². The van der Waals surface area contributed by atoms with E-state index >= 15 is 0 Å². The molecule has 1 aromatic carbocycles. The normalized spacial score (nSPS) is 23.6. The summed E-state index contributed by atoms with van der Waals surface area (Å²) in [4.78, 5) is 30.3. The van der Waals surface area contributed by atoms with Crippen LogP contribution in [-0.4, -0.2) is 80.2 Å². The van der Waals surface area contributed by atoms with Crippen LogP contribution in [-0.2, 0) is 9.53 Å². The van der Waals surface area contributed by atoms with Crippen molar-refractivity contribution < 1.29 is 19.1 Å². The van der Waals surface area contributed by atoms with Crippen LogP contribution in [0.15, 0.2) is 24.3 Å². The Bertz CT molecular complexity index is 734. The van der Waals surface area contributed by atoms with Crippen LogP contribution in [0.4, 0.5) is 0 Å². The fraction of sp³-hybridized carbons (Fsp3) is 0.667. The van der Waals surface area contributed by atoms with E-state index in [4.69, 9.17) is 9.47 Å². The molecule has 31 heavy (non-hydrogen) atoms. The van der Waals surface area contributed by atoms with E-state index in [0.717, 1.165) is 51.1 Å². The van der Waals surface area contributed by atoms with Gasteiger partial charge in [-0.25, -0.2) is 0 Å². The van der Waals surface area contributed by atoms with Crippen molar-refractivity contribution in [1.29, 1.82) is 0 Å². The summed E-state index contributed by atoms with van der Waals surface area (Å²) in [5.41, 5.74) is 0.677. The Balaban J connectivity index is 1.35. The molecule has 170 valence electrons. The van der Waals surface area contributed by atoms with Gasteiger partial charge in [0, 0.05) is 44.9 Å². The zero-order valence-electron chi connectivity index (χ0n) is 18.6. The first-order valence-electron chi connectivity index (χ1n) is 11.7. The second kappa shape index (κ2) is 10.5. The Labute approximate surface area is 185 Å². The number of piperazine rings is 1. The van der Waals surface area contributed by atoms with E-state index in [1.807, 2.05) is 29.2 Å². The van der Waals surface area contributed by atoms with E-state index in [1.54, 1.807) is 7.11 Å². The van der Waals surface area contributed by atoms with E-state index < -0.39 is 0 Å². The summed E-state index contributed by atoms with van der Waals surface area (Å²) in [5, 5.41) is 3.17. The highest BCUT2D eigenvalue weighted by atomic mass is 16.5. The molecule has 0 radical (unpaired) electrons. The minimum absolute atomic E-state index is 0.0440. The second-order valence-corrected chi connectivity index (χ2v) is 8.93. The van der Waals surface area contributed by atoms with Gasteiger partial charge in [0.15, 0.2) is 0 Å². The van der Waals surface area contributed by atoms with Gasteiger partial charge in [0.25, 0.3) is 5.91 Å². The van der Waals surface area contributed by atoms with Gasteiger partial charge in [-0.15, -0.1) is 0 Å². The average Bonchev–Trinajstić information content (AvgIpc) is 3.53. The molecule has 1 aromatic rings. The molecule has 2 saturated heterocycles. The molecule has 2 heterocycles. The number of ether oxygens (including phenoxy) is 2. The zero-order valence-corrected chi connectivity index (χ0v) is 18.6. The highest BCUT2D eigenvalue weighted by Crippen LogP contribution is 2.31. The van der Waals surface area contributed by atoms with Crippen LogP contribution in [0.2, 0.25) is 0 Å². The second-order valence-electron chi connectivity index (χ2n) is 8.93. The lowest BCUT2D eigenvalue weighted by atomic mass is 9.94. The molecule has 1 saturated carbocycles. The first-order valence-corrected chi connectivity index (χ1v) is 11.7. The quantitative estimate of drug-likeness (QED) is 0.720. The van der Waals surface area contributed by atoms with Crippen molar-refractivity contribution in [2.24, 2.45) is 5.92 Å². The molecule has 7 nitrogen and oxygen atoms in total. The third-order valence-corrected chi connectivity index (χ3v) is 6.97. The number of hydrogen-bond acceptors (Lipinski definition) is 5. The molecule has 1 N–H and O–H groups in total. The summed E-state index contributed by atoms with van der Waals surface area (Å²) in [7, 11) is 1.62. The van der Waals surface area contributed by atoms with Crippen molar-refractivity contribution in [2.75, 3.05) is 46.4 Å². The van der Waals surface area contributed by atoms with Crippen molar-refractivity contribution in [2.45, 2.75) is 50.7 Å². The van der Waals surface area contributed by atoms with E-state index in [9.17, 15) is 9.59 Å². The van der Waals surface area contributed by atoms with Crippen LogP contribution in [0.3, 0.4) is 0 Å². The Morgan fingerprint density at radius 3 is 2.39 bits per heavy atom. The van der Waals surface area contributed by atoms with Crippen LogP contribution in [0.5, 0.6) is 5.75 Å². The predicted molar refractivity (Wildman–Crippen MR) is 118 cm³/mol. The molecule has 7 heteroatoms. The van der Waals surface area contributed by atoms with Crippen molar-refractivity contribution in [3.8, 4) is 5.75 Å². The minimum Gasteiger partial charge on any atom is -0.497 e. The number of rotatable bonds is 7. The van der Waals surface area contributed by atoms with Crippen LogP contribution < -0.4 is 10.1 Å². The highest BCUT2D eigenvalue weighted by Gasteiger charge is 2.37. The van der Waals surface area contributed by atoms with Crippen molar-refractivity contribution in [3.63, 3.8) is 0 Å². The molecule has 2 unspecified atom stereocenters. The Morgan fingerprint density at radius 2 is 1.77 bits per heavy atom. The maximum atomic E-state index is 13.2. The molecular weight excluding hydrogens is 394 g/mol. The predicted octanol–water partition coefficient (Wildman–Crippen LogP) is 2.31. The molecule has 0 spiro atoms. The molecule has 2 atom stereocenters. The van der Waals surface area contributed by atoms with Crippen molar-refractivity contribution in [3.05, 3.63) is 29.8 Å². The van der Waals surface area contributed by atoms with Crippen molar-refractivity contribution >= 4 is 11.8 Å². The molecule has 0 bridgehead atoms. The van der Waals surface area contributed by atoms with Crippen LogP contribution >= 0.6 is 0 Å². The standard InChI is InChI=1S/C24H35N3O4/c1-30-20-10-8-19(9-11-20)24(29)27-14-12-26(13-15-27)22(18-5-2-3-6-18)23(28)25-17-21-7-4-16-31-21/h8-11,18,21-22H,2-7,12-17H2,1H3,(H,25,28). The fourth-order valence-corrected chi connectivity index (χ4v) is 5.19. The maximum Gasteiger partial charge on any atom is 0.253 e. The van der Waals surface area contributed by atoms with Gasteiger partial charge in [0.05, 0.1) is 19.3 Å². The minimum atomic E-state index is -0.0952. The first kappa shape index (κ1) is 22.1. The molecule has 3 fully saturated rings. The van der Waals surface area contributed by atoms with Crippen LogP contribution in [0, 0.1) is 5.92 Å². The summed E-state index contributed by atoms with van der Waals surface area (Å²) < 4.78 is 10.9. The fourth-order valence-electron chi connectivity index (χ4n) is 5.19. The lowest BCUT2D eigenvalue weighted by Crippen LogP contribution is -2.58. The molecule has 0 aromatic heterocycles. The van der Waals surface area contributed by atoms with Crippen molar-refractivity contribution in [1.82, 2.24) is 15.1 Å². The number of hydrogen-bond donors (Lipinski definition) is 1. The third-order valence-electron chi connectivity index (χ3n) is 6.97. The maximum absolute atomic E-state index is 13.2. The highest BCUT2D eigenvalue weighted by molar-refractivity contribution is 5.94. The summed E-state index contributed by atoms with van der Waals surface area (Å²) in [5.74, 6) is 1.34. The Kier molecular flexibility index (Phi) is 7.45. The van der Waals surface area contributed by atoms with Gasteiger partial charge in [-0.2, -0.15) is 0 Å². The topological polar surface area (TPSA) is 71.1 Å². The van der Waals surface area contributed by atoms with Gasteiger partial charge < -0.3 is 19.7 Å². The van der Waals surface area contributed by atoms with Gasteiger partial charge in [0.1, 0.15) is 5.75 Å². The first-order chi connectivity index (χ1) is 15.2. The summed E-state index contributed by atoms with van der Waals surface area (Å²) in [6, 6.07) is 7.17. The number of amides is 2. The Hall–Kier alpha value is -2.12. The molecule has 3 aliphatic rings. The average molecular weight is 430 g/mol. The number of nitrogens with zero attached hydrogens (tertiary/aromatic N) is 2. The zero-order chi connectivity index (χ0) is 21.6. The SMILES string of the molecule is COc1ccc(C(=O)N2CCN(C(C(=O)NCC3CCCO3)C3CCCC3)CC2)cc1. The lowest BCUT2D eigenvalue weighted by Gasteiger charge is -2.41. The third kappa shape index (κ3) is 5.39. The Morgan fingerprint density at radius 1 is 1.06 bits per heavy atom. The van der Waals surface area contributed by atoms with E-state index in [2.05, 4.69) is 10.2 Å². The molecule has 1 aliphatic carbocycles. The molecule has 2 amide bonds. The van der Waals surface area contributed by atoms with E-state index in [0.29, 0.717) is 31.1 Å². The van der Waals surface area contributed by atoms with E-state index in [1.165, 1.54) is 12.8 Å². The van der Waals surface area contributed by atoms with Gasteiger partial charge in [-0.1, -0.05) is 12.8 Å². The van der Waals surface area contributed by atoms with Crippen LogP contribution in [0.1, 0.15) is 48.9 Å². The number of carbonyl (C=O) groups excluding carboxylic acids is 2. The smallest absolute Gasteiger partial charge is 0.253 e. The number of methoxy groups -OCH3 is 1. The van der Waals surface area contributed by atoms with Gasteiger partial charge in [-0.3, -0.25) is 14.5 Å². The monoisotopic (exact) mass is 429 g/mol. The summed E-state index contributed by atoms with van der Waals surface area (Å²) in [6.45, 7) is 4.17. The van der Waals surface area contributed by atoms with Gasteiger partial charge in [0.2, 0.25) is 5.91 Å². The number of benzene rings is 1. The van der Waals surface area contributed by atoms with Crippen LogP contribution in [0.25, 0.3) is 0 Å². The molecule has 2 aliphatic heterocycles. The largest absolute Gasteiger partial charge is 0.497 e. The van der Waals surface area contributed by atoms with Gasteiger partial charge >= 0.3 is 0 Å². The summed E-state index contributed by atoms with van der Waals surface area (Å²) in [6.07, 6.45) is 6.90.